The number of fused-ring (bicyclic) bond motifs is 7. The van der Waals surface area contributed by atoms with Crippen LogP contribution < -0.4 is 14.5 Å². The van der Waals surface area contributed by atoms with Crippen molar-refractivity contribution in [2.75, 3.05) is 16.5 Å². The molecule has 10 rings (SSSR count). The summed E-state index contributed by atoms with van der Waals surface area (Å²) in [6.45, 7) is 14.1. The number of anilines is 4. The number of nitrogens with zero attached hydrogens (tertiary/aromatic N) is 4. The SMILES string of the molecule is CC(C)(C)c1cc(Oc2ccc3c4ccccc4n(-c4cc(C(C)(C)C)ccn4)c3c2)cc(N2CN(c3cccc4oc5ccccc5c34)c3ccccc32)c1. The molecule has 0 unspecified atom stereocenters. The summed E-state index contributed by atoms with van der Waals surface area (Å²) < 4.78 is 15.5. The van der Waals surface area contributed by atoms with E-state index in [4.69, 9.17) is 14.1 Å². The Morgan fingerprint density at radius 3 is 2.02 bits per heavy atom. The quantitative estimate of drug-likeness (QED) is 0.176. The lowest BCUT2D eigenvalue weighted by molar-refractivity contribution is 0.479. The standard InChI is InChI=1S/C50H44N4O2/c1-49(2,3)32-24-25-51-47(28-32)54-40-16-9-7-14-37(40)38-23-22-35(30-44(38)54)55-36-27-33(50(4,5)6)26-34(29-36)52-31-53(42-18-11-10-17-41(42)52)43-19-13-21-46-48(43)39-15-8-12-20-45(39)56-46/h7-30H,31H2,1-6H3. The summed E-state index contributed by atoms with van der Waals surface area (Å²) in [6, 6.07) is 49.3. The topological polar surface area (TPSA) is 46.7 Å². The Balaban J connectivity index is 1.07. The second-order valence-corrected chi connectivity index (χ2v) is 17.0. The van der Waals surface area contributed by atoms with Crippen molar-refractivity contribution in [2.45, 2.75) is 52.4 Å². The zero-order chi connectivity index (χ0) is 38.3. The fourth-order valence-electron chi connectivity index (χ4n) is 8.26. The smallest absolute Gasteiger partial charge is 0.137 e. The number of para-hydroxylation sites is 4. The van der Waals surface area contributed by atoms with Gasteiger partial charge in [0.25, 0.3) is 0 Å². The molecule has 0 fully saturated rings. The van der Waals surface area contributed by atoms with Gasteiger partial charge in [-0.25, -0.2) is 4.98 Å². The molecule has 6 heteroatoms. The molecule has 0 radical (unpaired) electrons. The van der Waals surface area contributed by atoms with Crippen LogP contribution in [0.2, 0.25) is 0 Å². The first-order chi connectivity index (χ1) is 27.0. The van der Waals surface area contributed by atoms with Gasteiger partial charge in [0.1, 0.15) is 35.2 Å². The number of pyridine rings is 1. The molecule has 0 N–H and O–H groups in total. The minimum Gasteiger partial charge on any atom is -0.457 e. The number of benzene rings is 6. The number of furan rings is 1. The molecule has 0 aliphatic carbocycles. The lowest BCUT2D eigenvalue weighted by Crippen LogP contribution is -2.24. The van der Waals surface area contributed by atoms with Gasteiger partial charge in [0.2, 0.25) is 0 Å². The molecule has 0 spiro atoms. The van der Waals surface area contributed by atoms with Crippen molar-refractivity contribution in [1.29, 1.82) is 0 Å². The molecule has 0 atom stereocenters. The van der Waals surface area contributed by atoms with Gasteiger partial charge in [-0.2, -0.15) is 0 Å². The van der Waals surface area contributed by atoms with Crippen LogP contribution in [0.15, 0.2) is 150 Å². The number of ether oxygens (including phenoxy) is 1. The van der Waals surface area contributed by atoms with Gasteiger partial charge >= 0.3 is 0 Å². The van der Waals surface area contributed by atoms with E-state index in [1.807, 2.05) is 18.3 Å². The van der Waals surface area contributed by atoms with Crippen molar-refractivity contribution in [3.8, 4) is 17.3 Å². The van der Waals surface area contributed by atoms with Gasteiger partial charge in [-0.15, -0.1) is 0 Å². The molecule has 6 aromatic carbocycles. The minimum absolute atomic E-state index is 0.00560. The number of hydrogen-bond donors (Lipinski definition) is 0. The maximum Gasteiger partial charge on any atom is 0.137 e. The predicted octanol–water partition coefficient (Wildman–Crippen LogP) is 13.7. The largest absolute Gasteiger partial charge is 0.457 e. The first kappa shape index (κ1) is 34.0. The number of hydrogen-bond acceptors (Lipinski definition) is 5. The van der Waals surface area contributed by atoms with Crippen LogP contribution in [-0.4, -0.2) is 16.2 Å². The van der Waals surface area contributed by atoms with Crippen LogP contribution >= 0.6 is 0 Å². The monoisotopic (exact) mass is 732 g/mol. The Labute approximate surface area is 327 Å². The third kappa shape index (κ3) is 5.59. The van der Waals surface area contributed by atoms with Crippen LogP contribution in [0.4, 0.5) is 22.7 Å². The minimum atomic E-state index is -0.117. The van der Waals surface area contributed by atoms with E-state index in [2.05, 4.69) is 183 Å². The van der Waals surface area contributed by atoms with Crippen LogP contribution in [0.5, 0.6) is 11.5 Å². The fourth-order valence-corrected chi connectivity index (χ4v) is 8.26. The molecule has 0 saturated carbocycles. The lowest BCUT2D eigenvalue weighted by Gasteiger charge is -2.26. The zero-order valence-electron chi connectivity index (χ0n) is 32.7. The van der Waals surface area contributed by atoms with E-state index in [0.29, 0.717) is 6.67 Å². The van der Waals surface area contributed by atoms with E-state index in [9.17, 15) is 0 Å². The third-order valence-corrected chi connectivity index (χ3v) is 11.2. The zero-order valence-corrected chi connectivity index (χ0v) is 32.7. The average Bonchev–Trinajstić information content (AvgIpc) is 3.87. The summed E-state index contributed by atoms with van der Waals surface area (Å²) in [7, 11) is 0. The first-order valence-corrected chi connectivity index (χ1v) is 19.4. The third-order valence-electron chi connectivity index (χ3n) is 11.2. The Morgan fingerprint density at radius 1 is 0.536 bits per heavy atom. The van der Waals surface area contributed by atoms with Crippen LogP contribution in [0.1, 0.15) is 52.7 Å². The average molecular weight is 733 g/mol. The van der Waals surface area contributed by atoms with Gasteiger partial charge in [0.15, 0.2) is 0 Å². The molecule has 1 aliphatic heterocycles. The van der Waals surface area contributed by atoms with E-state index in [0.717, 1.165) is 78.4 Å². The van der Waals surface area contributed by atoms with Crippen LogP contribution in [0.25, 0.3) is 49.6 Å². The second-order valence-electron chi connectivity index (χ2n) is 17.0. The van der Waals surface area contributed by atoms with Gasteiger partial charge in [-0.1, -0.05) is 96.1 Å². The molecular formula is C50H44N4O2. The van der Waals surface area contributed by atoms with Gasteiger partial charge < -0.3 is 19.0 Å². The van der Waals surface area contributed by atoms with Gasteiger partial charge in [0, 0.05) is 40.2 Å². The molecule has 9 aromatic rings. The Bertz CT molecular complexity index is 2980. The Hall–Kier alpha value is -6.53. The first-order valence-electron chi connectivity index (χ1n) is 19.4. The van der Waals surface area contributed by atoms with E-state index in [1.54, 1.807) is 0 Å². The Morgan fingerprint density at radius 2 is 1.21 bits per heavy atom. The second kappa shape index (κ2) is 12.5. The van der Waals surface area contributed by atoms with Crippen LogP contribution in [0.3, 0.4) is 0 Å². The van der Waals surface area contributed by atoms with E-state index in [1.165, 1.54) is 16.5 Å². The summed E-state index contributed by atoms with van der Waals surface area (Å²) in [5.74, 6) is 2.46. The molecule has 1 aliphatic rings. The van der Waals surface area contributed by atoms with Crippen LogP contribution in [-0.2, 0) is 10.8 Å². The molecule has 0 bridgehead atoms. The summed E-state index contributed by atoms with van der Waals surface area (Å²) >= 11 is 0. The lowest BCUT2D eigenvalue weighted by atomic mass is 9.86. The normalized spacial score (nSPS) is 13.4. The van der Waals surface area contributed by atoms with Gasteiger partial charge in [0.05, 0.1) is 33.5 Å². The summed E-state index contributed by atoms with van der Waals surface area (Å²) in [5.41, 5.74) is 10.8. The predicted molar refractivity (Wildman–Crippen MR) is 232 cm³/mol. The summed E-state index contributed by atoms with van der Waals surface area (Å²) in [6.07, 6.45) is 1.92. The molecule has 4 heterocycles. The molecule has 6 nitrogen and oxygen atoms in total. The highest BCUT2D eigenvalue weighted by Crippen LogP contribution is 2.49. The van der Waals surface area contributed by atoms with E-state index in [-0.39, 0.29) is 10.8 Å². The molecular weight excluding hydrogens is 689 g/mol. The highest BCUT2D eigenvalue weighted by molar-refractivity contribution is 6.13. The highest BCUT2D eigenvalue weighted by Gasteiger charge is 2.31. The summed E-state index contributed by atoms with van der Waals surface area (Å²) in [4.78, 5) is 9.68. The maximum atomic E-state index is 6.90. The van der Waals surface area contributed by atoms with E-state index >= 15 is 0 Å². The summed E-state index contributed by atoms with van der Waals surface area (Å²) in [5, 5.41) is 4.59. The van der Waals surface area contributed by atoms with E-state index < -0.39 is 0 Å². The highest BCUT2D eigenvalue weighted by atomic mass is 16.5. The fraction of sp³-hybridized carbons (Fsp3) is 0.180. The van der Waals surface area contributed by atoms with Crippen molar-refractivity contribution in [3.05, 3.63) is 157 Å². The molecule has 276 valence electrons. The van der Waals surface area contributed by atoms with Crippen molar-refractivity contribution < 1.29 is 9.15 Å². The van der Waals surface area contributed by atoms with Crippen molar-refractivity contribution in [1.82, 2.24) is 9.55 Å². The van der Waals surface area contributed by atoms with Gasteiger partial charge in [-0.3, -0.25) is 4.57 Å². The van der Waals surface area contributed by atoms with Crippen molar-refractivity contribution >= 4 is 66.5 Å². The van der Waals surface area contributed by atoms with Crippen molar-refractivity contribution in [3.63, 3.8) is 0 Å². The number of rotatable bonds is 5. The molecule has 56 heavy (non-hydrogen) atoms. The van der Waals surface area contributed by atoms with Crippen LogP contribution in [0, 0.1) is 0 Å². The molecule has 0 saturated heterocycles. The molecule has 3 aromatic heterocycles. The molecule has 0 amide bonds. The Kier molecular flexibility index (Phi) is 7.59. The van der Waals surface area contributed by atoms with Crippen molar-refractivity contribution in [2.24, 2.45) is 0 Å². The maximum absolute atomic E-state index is 6.90. The van der Waals surface area contributed by atoms with Gasteiger partial charge in [-0.05, 0) is 94.8 Å². The number of aromatic nitrogens is 2.